The topological polar surface area (TPSA) is 112 Å². The minimum absolute atomic E-state index is 0.105. The molecule has 0 atom stereocenters. The lowest BCUT2D eigenvalue weighted by Gasteiger charge is -2.10. The summed E-state index contributed by atoms with van der Waals surface area (Å²) in [7, 11) is -4.57. The lowest BCUT2D eigenvalue weighted by Crippen LogP contribution is -2.17. The van der Waals surface area contributed by atoms with Gasteiger partial charge in [0.15, 0.2) is 0 Å². The predicted molar refractivity (Wildman–Crippen MR) is 165 cm³/mol. The van der Waals surface area contributed by atoms with Crippen LogP contribution in [0.25, 0.3) is 10.6 Å². The van der Waals surface area contributed by atoms with Crippen LogP contribution in [0.15, 0.2) is 100 Å². The highest BCUT2D eigenvalue weighted by molar-refractivity contribution is 9.10. The van der Waals surface area contributed by atoms with Crippen molar-refractivity contribution in [3.05, 3.63) is 122 Å². The van der Waals surface area contributed by atoms with E-state index in [1.807, 2.05) is 6.07 Å². The molecule has 0 saturated heterocycles. The molecule has 0 amide bonds. The number of rotatable bonds is 11. The van der Waals surface area contributed by atoms with E-state index in [1.54, 1.807) is 77.5 Å². The van der Waals surface area contributed by atoms with Gasteiger partial charge in [-0.1, -0.05) is 69.2 Å². The van der Waals surface area contributed by atoms with Crippen LogP contribution >= 0.6 is 46.5 Å². The summed E-state index contributed by atoms with van der Waals surface area (Å²) in [5.74, 6) is -0.205. The summed E-state index contributed by atoms with van der Waals surface area (Å²) in [5.41, 5.74) is 2.56. The number of halogens is 4. The lowest BCUT2D eigenvalue weighted by atomic mass is 10.1. The van der Waals surface area contributed by atoms with E-state index in [0.29, 0.717) is 42.1 Å². The van der Waals surface area contributed by atoms with Crippen LogP contribution in [0.3, 0.4) is 0 Å². The number of aromatic nitrogens is 2. The molecule has 5 aromatic rings. The van der Waals surface area contributed by atoms with Crippen LogP contribution in [-0.4, -0.2) is 20.9 Å². The fourth-order valence-electron chi connectivity index (χ4n) is 4.02. The van der Waals surface area contributed by atoms with E-state index in [9.17, 15) is 23.5 Å². The molecular weight excluding hydrogens is 703 g/mol. The van der Waals surface area contributed by atoms with Crippen LogP contribution in [0.5, 0.6) is 11.5 Å². The van der Waals surface area contributed by atoms with Crippen molar-refractivity contribution in [2.75, 3.05) is 0 Å². The number of hydrogen-bond acceptors (Lipinski definition) is 8. The average molecular weight is 723 g/mol. The van der Waals surface area contributed by atoms with Gasteiger partial charge in [0.05, 0.1) is 24.0 Å². The minimum atomic E-state index is -4.57. The van der Waals surface area contributed by atoms with E-state index in [4.69, 9.17) is 26.4 Å². The second kappa shape index (κ2) is 13.9. The molecule has 44 heavy (non-hydrogen) atoms. The molecular formula is C29H20BrClF2N3O6PS. The Morgan fingerprint density at radius 1 is 1.00 bits per heavy atom. The van der Waals surface area contributed by atoms with Gasteiger partial charge in [0.25, 0.3) is 0 Å². The molecule has 0 aliphatic rings. The highest BCUT2D eigenvalue weighted by Crippen LogP contribution is 2.53. The Morgan fingerprint density at radius 2 is 1.70 bits per heavy atom. The molecule has 5 rings (SSSR count). The van der Waals surface area contributed by atoms with E-state index < -0.39 is 19.7 Å². The first-order chi connectivity index (χ1) is 21.1. The van der Waals surface area contributed by atoms with Crippen LogP contribution in [0.2, 0.25) is 5.02 Å². The zero-order valence-corrected chi connectivity index (χ0v) is 26.3. The summed E-state index contributed by atoms with van der Waals surface area (Å²) in [4.78, 5) is 16.7. The van der Waals surface area contributed by atoms with E-state index >= 15 is 0 Å². The van der Waals surface area contributed by atoms with Gasteiger partial charge in [-0.15, -0.1) is 9.46 Å². The maximum absolute atomic E-state index is 12.6. The standard InChI is InChI=1S/C29H20BrClF2N3O6PS/c30-26-13-18(7-8-21(26)17-43(39,41-32)42-33)16-36-29(34-23-11-9-22(31)10-12-23)44-27(35-36)19-3-1-5-24(14-19)40-25-6-2-4-20(15-25)28(37)38/h1-15H,16-17H2,(H,37,38). The minimum Gasteiger partial charge on any atom is -0.478 e. The lowest BCUT2D eigenvalue weighted by molar-refractivity contribution is -0.0881. The maximum atomic E-state index is 12.6. The third-order valence-electron chi connectivity index (χ3n) is 6.09. The zero-order chi connectivity index (χ0) is 31.3. The summed E-state index contributed by atoms with van der Waals surface area (Å²) < 4.78 is 51.6. The molecule has 0 saturated carbocycles. The zero-order valence-electron chi connectivity index (χ0n) is 22.3. The number of carboxylic acids is 1. The van der Waals surface area contributed by atoms with Crippen LogP contribution in [0, 0.1) is 0 Å². The van der Waals surface area contributed by atoms with Crippen LogP contribution < -0.4 is 9.54 Å². The summed E-state index contributed by atoms with van der Waals surface area (Å²) in [6, 6.07) is 25.3. The Morgan fingerprint density at radius 3 is 2.39 bits per heavy atom. The van der Waals surface area contributed by atoms with E-state index in [0.717, 1.165) is 11.1 Å². The molecule has 4 aromatic carbocycles. The fraction of sp³-hybridized carbons (Fsp3) is 0.0690. The number of hydrogen-bond donors (Lipinski definition) is 1. The van der Waals surface area contributed by atoms with Gasteiger partial charge >= 0.3 is 13.6 Å². The Bertz CT molecular complexity index is 1930. The highest BCUT2D eigenvalue weighted by Gasteiger charge is 2.29. The molecule has 0 spiro atoms. The molecule has 9 nitrogen and oxygen atoms in total. The first kappa shape index (κ1) is 31.7. The Balaban J connectivity index is 1.48. The number of benzene rings is 4. The Labute approximate surface area is 266 Å². The summed E-state index contributed by atoms with van der Waals surface area (Å²) in [5, 5.41) is 15.3. The quantitative estimate of drug-likeness (QED) is 0.135. The van der Waals surface area contributed by atoms with E-state index in [2.05, 4.69) is 25.4 Å². The molecule has 0 fully saturated rings. The predicted octanol–water partition coefficient (Wildman–Crippen LogP) is 9.29. The molecule has 0 bridgehead atoms. The molecule has 0 aliphatic heterocycles. The van der Waals surface area contributed by atoms with Crippen molar-refractivity contribution < 1.29 is 37.7 Å². The van der Waals surface area contributed by atoms with Gasteiger partial charge in [0.1, 0.15) is 16.5 Å². The van der Waals surface area contributed by atoms with Crippen molar-refractivity contribution in [3.63, 3.8) is 0 Å². The normalized spacial score (nSPS) is 12.0. The van der Waals surface area contributed by atoms with Crippen LogP contribution in [-0.2, 0) is 26.7 Å². The summed E-state index contributed by atoms with van der Waals surface area (Å²) >= 11 is 10.7. The van der Waals surface area contributed by atoms with E-state index in [1.165, 1.54) is 23.5 Å². The van der Waals surface area contributed by atoms with Gasteiger partial charge in [0.2, 0.25) is 4.80 Å². The van der Waals surface area contributed by atoms with Crippen LogP contribution in [0.1, 0.15) is 21.5 Å². The molecule has 15 heteroatoms. The van der Waals surface area contributed by atoms with Gasteiger partial charge in [-0.3, -0.25) is 4.57 Å². The van der Waals surface area contributed by atoms with Crippen molar-refractivity contribution in [1.29, 1.82) is 0 Å². The SMILES string of the molecule is O=C(O)c1cccc(Oc2cccc(-c3nn(Cc4ccc(CP(=O)(OF)OF)c(Br)c4)c(=Nc4ccc(Cl)cc4)s3)c2)c1. The fourth-order valence-corrected chi connectivity index (χ4v) is 6.66. The smallest absolute Gasteiger partial charge is 0.399 e. The van der Waals surface area contributed by atoms with Crippen molar-refractivity contribution in [2.24, 2.45) is 4.99 Å². The van der Waals surface area contributed by atoms with E-state index in [-0.39, 0.29) is 12.1 Å². The monoisotopic (exact) mass is 721 g/mol. The molecule has 0 radical (unpaired) electrons. The average Bonchev–Trinajstić information content (AvgIpc) is 3.41. The van der Waals surface area contributed by atoms with Gasteiger partial charge in [-0.25, -0.2) is 14.5 Å². The van der Waals surface area contributed by atoms with Crippen molar-refractivity contribution in [1.82, 2.24) is 9.78 Å². The second-order valence-corrected chi connectivity index (χ2v) is 13.3. The third-order valence-corrected chi connectivity index (χ3v) is 9.23. The van der Waals surface area contributed by atoms with Crippen molar-refractivity contribution in [2.45, 2.75) is 12.7 Å². The molecule has 226 valence electrons. The van der Waals surface area contributed by atoms with Gasteiger partial charge in [0, 0.05) is 15.1 Å². The molecule has 1 heterocycles. The number of aromatic carboxylic acids is 1. The summed E-state index contributed by atoms with van der Waals surface area (Å²) in [6.45, 7) is 0.261. The van der Waals surface area contributed by atoms with Gasteiger partial charge in [-0.2, -0.15) is 5.10 Å². The maximum Gasteiger partial charge on any atom is 0.399 e. The van der Waals surface area contributed by atoms with Crippen molar-refractivity contribution in [3.8, 4) is 22.1 Å². The molecule has 1 aromatic heterocycles. The third kappa shape index (κ3) is 7.86. The van der Waals surface area contributed by atoms with Gasteiger partial charge < -0.3 is 9.84 Å². The molecule has 0 aliphatic carbocycles. The number of nitrogens with zero attached hydrogens (tertiary/aromatic N) is 3. The first-order valence-electron chi connectivity index (χ1n) is 12.6. The second-order valence-electron chi connectivity index (χ2n) is 9.23. The summed E-state index contributed by atoms with van der Waals surface area (Å²) in [6.07, 6.45) is -0.620. The Hall–Kier alpha value is -3.71. The number of carboxylic acid groups (broad SMARTS) is 1. The molecule has 0 unspecified atom stereocenters. The van der Waals surface area contributed by atoms with Crippen LogP contribution in [0.4, 0.5) is 14.7 Å². The van der Waals surface area contributed by atoms with Crippen molar-refractivity contribution >= 4 is 58.1 Å². The number of ether oxygens (including phenoxy) is 1. The van der Waals surface area contributed by atoms with Gasteiger partial charge in [-0.05, 0) is 80.8 Å². The Kier molecular flexibility index (Phi) is 10.0. The largest absolute Gasteiger partial charge is 0.478 e. The molecule has 1 N–H and O–H groups in total. The first-order valence-corrected chi connectivity index (χ1v) is 16.3. The number of carbonyl (C=O) groups is 1. The highest BCUT2D eigenvalue weighted by atomic mass is 79.9.